The Morgan fingerprint density at radius 2 is 1.55 bits per heavy atom. The zero-order valence-corrected chi connectivity index (χ0v) is 12.7. The minimum atomic E-state index is -0.0804. The smallest absolute Gasteiger partial charge is 0.258 e. The van der Waals surface area contributed by atoms with Gasteiger partial charge in [0.2, 0.25) is 0 Å². The maximum atomic E-state index is 12.7. The first-order valence-corrected chi connectivity index (χ1v) is 7.24. The van der Waals surface area contributed by atoms with E-state index in [9.17, 15) is 4.79 Å². The quantitative estimate of drug-likeness (QED) is 0.768. The van der Waals surface area contributed by atoms with Gasteiger partial charge < -0.3 is 9.88 Å². The summed E-state index contributed by atoms with van der Waals surface area (Å²) in [5.74, 6) is -0.0804. The lowest BCUT2D eigenvalue weighted by atomic mass is 10.0. The van der Waals surface area contributed by atoms with Crippen molar-refractivity contribution in [2.24, 2.45) is 7.05 Å². The summed E-state index contributed by atoms with van der Waals surface area (Å²) in [6.07, 6.45) is 2.00. The number of benzene rings is 2. The molecule has 1 aromatic heterocycles. The number of para-hydroxylation sites is 1. The molecule has 0 spiro atoms. The molecule has 1 amide bonds. The molecule has 3 aromatic rings. The van der Waals surface area contributed by atoms with Gasteiger partial charge in [-0.05, 0) is 24.6 Å². The number of rotatable bonds is 3. The number of carbonyl (C=O) groups excluding carboxylic acids is 1. The molecule has 0 unspecified atom stereocenters. The monoisotopic (exact) mass is 290 g/mol. The average Bonchev–Trinajstić information content (AvgIpc) is 2.85. The predicted molar refractivity (Wildman–Crippen MR) is 90.0 cm³/mol. The number of nitrogens with one attached hydrogen (secondary N) is 1. The molecule has 1 N–H and O–H groups in total. The standard InChI is InChI=1S/C19H18N2O/c1-14-18(19(22)20-16-11-7-4-8-12-16)17(13-21(14)2)15-9-5-3-6-10-15/h3-13H,1-2H3,(H,20,22). The zero-order valence-electron chi connectivity index (χ0n) is 12.7. The van der Waals surface area contributed by atoms with Crippen LogP contribution in [0.3, 0.4) is 0 Å². The van der Waals surface area contributed by atoms with E-state index in [4.69, 9.17) is 0 Å². The maximum Gasteiger partial charge on any atom is 0.258 e. The third-order valence-corrected chi connectivity index (χ3v) is 3.83. The summed E-state index contributed by atoms with van der Waals surface area (Å²) in [5.41, 5.74) is 4.47. The molecule has 0 radical (unpaired) electrons. The molecule has 0 bridgehead atoms. The minimum absolute atomic E-state index is 0.0804. The van der Waals surface area contributed by atoms with Gasteiger partial charge in [-0.15, -0.1) is 0 Å². The van der Waals surface area contributed by atoms with Crippen molar-refractivity contribution in [2.45, 2.75) is 6.92 Å². The van der Waals surface area contributed by atoms with E-state index in [1.165, 1.54) is 0 Å². The van der Waals surface area contributed by atoms with Crippen LogP contribution in [0.15, 0.2) is 66.9 Å². The fraction of sp³-hybridized carbons (Fsp3) is 0.105. The van der Waals surface area contributed by atoms with Crippen molar-refractivity contribution < 1.29 is 4.79 Å². The molecule has 2 aromatic carbocycles. The molecule has 3 rings (SSSR count). The van der Waals surface area contributed by atoms with Gasteiger partial charge in [0, 0.05) is 30.2 Å². The predicted octanol–water partition coefficient (Wildman–Crippen LogP) is 4.25. The summed E-state index contributed by atoms with van der Waals surface area (Å²) >= 11 is 0. The van der Waals surface area contributed by atoms with Crippen LogP contribution in [-0.2, 0) is 7.05 Å². The van der Waals surface area contributed by atoms with Gasteiger partial charge in [-0.3, -0.25) is 4.79 Å². The van der Waals surface area contributed by atoms with E-state index in [0.29, 0.717) is 0 Å². The van der Waals surface area contributed by atoms with Crippen LogP contribution in [0.4, 0.5) is 5.69 Å². The third-order valence-electron chi connectivity index (χ3n) is 3.83. The van der Waals surface area contributed by atoms with E-state index < -0.39 is 0 Å². The van der Waals surface area contributed by atoms with E-state index >= 15 is 0 Å². The Labute approximate surface area is 130 Å². The Balaban J connectivity index is 2.01. The fourth-order valence-corrected chi connectivity index (χ4v) is 2.56. The SMILES string of the molecule is Cc1c(C(=O)Nc2ccccc2)c(-c2ccccc2)cn1C. The highest BCUT2D eigenvalue weighted by Gasteiger charge is 2.19. The molecule has 0 atom stereocenters. The van der Waals surface area contributed by atoms with Crippen molar-refractivity contribution in [2.75, 3.05) is 5.32 Å². The molecule has 1 heterocycles. The van der Waals surface area contributed by atoms with Crippen molar-refractivity contribution in [3.05, 3.63) is 78.1 Å². The fourth-order valence-electron chi connectivity index (χ4n) is 2.56. The molecule has 0 aliphatic rings. The van der Waals surface area contributed by atoms with Crippen LogP contribution < -0.4 is 5.32 Å². The Morgan fingerprint density at radius 3 is 2.18 bits per heavy atom. The van der Waals surface area contributed by atoms with E-state index in [0.717, 1.165) is 28.1 Å². The summed E-state index contributed by atoms with van der Waals surface area (Å²) in [6.45, 7) is 1.96. The number of nitrogens with zero attached hydrogens (tertiary/aromatic N) is 1. The highest BCUT2D eigenvalue weighted by Crippen LogP contribution is 2.28. The summed E-state index contributed by atoms with van der Waals surface area (Å²) in [6, 6.07) is 19.5. The Morgan fingerprint density at radius 1 is 0.955 bits per heavy atom. The van der Waals surface area contributed by atoms with Crippen LogP contribution in [0, 0.1) is 6.92 Å². The maximum absolute atomic E-state index is 12.7. The normalized spacial score (nSPS) is 10.5. The van der Waals surface area contributed by atoms with Crippen LogP contribution in [0.1, 0.15) is 16.1 Å². The second-order valence-electron chi connectivity index (χ2n) is 5.30. The van der Waals surface area contributed by atoms with E-state index in [2.05, 4.69) is 5.32 Å². The lowest BCUT2D eigenvalue weighted by Crippen LogP contribution is -2.13. The number of hydrogen-bond donors (Lipinski definition) is 1. The molecule has 0 saturated carbocycles. The largest absolute Gasteiger partial charge is 0.353 e. The van der Waals surface area contributed by atoms with Crippen molar-refractivity contribution in [3.63, 3.8) is 0 Å². The minimum Gasteiger partial charge on any atom is -0.353 e. The van der Waals surface area contributed by atoms with Crippen molar-refractivity contribution >= 4 is 11.6 Å². The molecule has 0 saturated heterocycles. The first-order valence-electron chi connectivity index (χ1n) is 7.24. The van der Waals surface area contributed by atoms with Gasteiger partial charge in [0.1, 0.15) is 0 Å². The third kappa shape index (κ3) is 2.66. The zero-order chi connectivity index (χ0) is 15.5. The molecular weight excluding hydrogens is 272 g/mol. The lowest BCUT2D eigenvalue weighted by Gasteiger charge is -2.08. The highest BCUT2D eigenvalue weighted by atomic mass is 16.1. The number of aromatic nitrogens is 1. The van der Waals surface area contributed by atoms with E-state index in [1.807, 2.05) is 85.4 Å². The highest BCUT2D eigenvalue weighted by molar-refractivity contribution is 6.09. The second-order valence-corrected chi connectivity index (χ2v) is 5.30. The van der Waals surface area contributed by atoms with Gasteiger partial charge in [-0.2, -0.15) is 0 Å². The van der Waals surface area contributed by atoms with Crippen LogP contribution in [0.5, 0.6) is 0 Å². The Bertz CT molecular complexity index is 789. The number of anilines is 1. The van der Waals surface area contributed by atoms with Gasteiger partial charge >= 0.3 is 0 Å². The van der Waals surface area contributed by atoms with E-state index in [1.54, 1.807) is 0 Å². The second kappa shape index (κ2) is 5.90. The lowest BCUT2D eigenvalue weighted by molar-refractivity contribution is 0.102. The molecular formula is C19H18N2O. The topological polar surface area (TPSA) is 34.0 Å². The van der Waals surface area contributed by atoms with Crippen molar-refractivity contribution in [1.82, 2.24) is 4.57 Å². The Hall–Kier alpha value is -2.81. The summed E-state index contributed by atoms with van der Waals surface area (Å²) in [5, 5.41) is 2.97. The van der Waals surface area contributed by atoms with Crippen LogP contribution in [0.25, 0.3) is 11.1 Å². The van der Waals surface area contributed by atoms with Crippen LogP contribution >= 0.6 is 0 Å². The van der Waals surface area contributed by atoms with Crippen LogP contribution in [-0.4, -0.2) is 10.5 Å². The number of amides is 1. The van der Waals surface area contributed by atoms with Gasteiger partial charge in [-0.25, -0.2) is 0 Å². The van der Waals surface area contributed by atoms with Crippen LogP contribution in [0.2, 0.25) is 0 Å². The molecule has 22 heavy (non-hydrogen) atoms. The molecule has 3 nitrogen and oxygen atoms in total. The van der Waals surface area contributed by atoms with Gasteiger partial charge in [0.15, 0.2) is 0 Å². The molecule has 110 valence electrons. The number of aryl methyl sites for hydroxylation is 1. The molecule has 0 aliphatic carbocycles. The van der Waals surface area contributed by atoms with Gasteiger partial charge in [0.05, 0.1) is 5.56 Å². The molecule has 3 heteroatoms. The Kier molecular flexibility index (Phi) is 3.79. The first kappa shape index (κ1) is 14.1. The number of carbonyl (C=O) groups is 1. The first-order chi connectivity index (χ1) is 10.7. The molecule has 0 aliphatic heterocycles. The van der Waals surface area contributed by atoms with E-state index in [-0.39, 0.29) is 5.91 Å². The van der Waals surface area contributed by atoms with Gasteiger partial charge in [0.25, 0.3) is 5.91 Å². The number of hydrogen-bond acceptors (Lipinski definition) is 1. The average molecular weight is 290 g/mol. The van der Waals surface area contributed by atoms with Crippen molar-refractivity contribution in [1.29, 1.82) is 0 Å². The summed E-state index contributed by atoms with van der Waals surface area (Å²) in [4.78, 5) is 12.7. The summed E-state index contributed by atoms with van der Waals surface area (Å²) < 4.78 is 1.99. The van der Waals surface area contributed by atoms with Crippen molar-refractivity contribution in [3.8, 4) is 11.1 Å². The summed E-state index contributed by atoms with van der Waals surface area (Å²) in [7, 11) is 1.96. The molecule has 0 fully saturated rings. The van der Waals surface area contributed by atoms with Gasteiger partial charge in [-0.1, -0.05) is 48.5 Å².